The number of fused-ring (bicyclic) bond motifs is 1. The zero-order valence-electron chi connectivity index (χ0n) is 18.1. The van der Waals surface area contributed by atoms with Gasteiger partial charge in [0.25, 0.3) is 5.56 Å². The minimum absolute atomic E-state index is 0.167. The number of rotatable bonds is 4. The second kappa shape index (κ2) is 9.18. The van der Waals surface area contributed by atoms with E-state index in [1.807, 2.05) is 4.90 Å². The van der Waals surface area contributed by atoms with Crippen LogP contribution in [0.4, 0.5) is 13.2 Å². The van der Waals surface area contributed by atoms with E-state index in [9.17, 15) is 18.0 Å². The first kappa shape index (κ1) is 23.7. The van der Waals surface area contributed by atoms with Gasteiger partial charge in [-0.2, -0.15) is 13.2 Å². The van der Waals surface area contributed by atoms with Gasteiger partial charge in [0.1, 0.15) is 17.3 Å². The highest BCUT2D eigenvalue weighted by Crippen LogP contribution is 2.36. The first-order chi connectivity index (χ1) is 16.7. The van der Waals surface area contributed by atoms with Crippen LogP contribution in [0, 0.1) is 0 Å². The molecule has 0 atom stereocenters. The van der Waals surface area contributed by atoms with Gasteiger partial charge in [0.2, 0.25) is 0 Å². The second-order valence-corrected chi connectivity index (χ2v) is 9.11. The van der Waals surface area contributed by atoms with E-state index in [1.54, 1.807) is 36.4 Å². The molecule has 1 aliphatic heterocycles. The number of benzene rings is 2. The summed E-state index contributed by atoms with van der Waals surface area (Å²) in [7, 11) is 0. The molecule has 2 aromatic heterocycles. The molecule has 1 aliphatic rings. The molecule has 0 aliphatic carbocycles. The fourth-order valence-corrected chi connectivity index (χ4v) is 4.42. The fraction of sp³-hybridized carbons (Fsp3) is 0.200. The lowest BCUT2D eigenvalue weighted by atomic mass is 10.1. The van der Waals surface area contributed by atoms with Crippen molar-refractivity contribution < 1.29 is 17.6 Å². The summed E-state index contributed by atoms with van der Waals surface area (Å²) in [5, 5.41) is 0.765. The van der Waals surface area contributed by atoms with E-state index in [0.29, 0.717) is 48.2 Å². The highest BCUT2D eigenvalue weighted by molar-refractivity contribution is 6.33. The van der Waals surface area contributed by atoms with Crippen LogP contribution in [0.2, 0.25) is 10.0 Å². The third-order valence-corrected chi connectivity index (χ3v) is 6.45. The topological polar surface area (TPSA) is 62.1 Å². The number of hydrogen-bond acceptors (Lipinski definition) is 4. The van der Waals surface area contributed by atoms with E-state index in [0.717, 1.165) is 23.4 Å². The summed E-state index contributed by atoms with van der Waals surface area (Å²) in [5.41, 5.74) is 1.26. The Morgan fingerprint density at radius 3 is 2.57 bits per heavy atom. The average Bonchev–Trinajstić information content (AvgIpc) is 3.27. The number of H-pyrrole nitrogens is 1. The SMILES string of the molecule is O=c1[nH]c(-c2ccc(Cl)cc2)nc2c1CN(Cc1ccc(-c3cc(C(F)(F)F)ccc3Cl)o1)CC2. The molecule has 10 heteroatoms. The Kier molecular flexibility index (Phi) is 6.21. The number of nitrogens with one attached hydrogen (secondary N) is 1. The number of furan rings is 1. The highest BCUT2D eigenvalue weighted by Gasteiger charge is 2.31. The monoisotopic (exact) mass is 519 g/mol. The Morgan fingerprint density at radius 1 is 1.06 bits per heavy atom. The van der Waals surface area contributed by atoms with Crippen molar-refractivity contribution in [3.05, 3.63) is 97.6 Å². The van der Waals surface area contributed by atoms with Crippen LogP contribution in [0.5, 0.6) is 0 Å². The van der Waals surface area contributed by atoms with Crippen molar-refractivity contribution in [1.82, 2.24) is 14.9 Å². The third-order valence-electron chi connectivity index (χ3n) is 5.87. The van der Waals surface area contributed by atoms with Crippen LogP contribution in [-0.4, -0.2) is 21.4 Å². The van der Waals surface area contributed by atoms with Crippen molar-refractivity contribution in [1.29, 1.82) is 0 Å². The smallest absolute Gasteiger partial charge is 0.416 e. The van der Waals surface area contributed by atoms with Crippen molar-refractivity contribution in [2.75, 3.05) is 6.54 Å². The molecule has 0 fully saturated rings. The zero-order chi connectivity index (χ0) is 24.7. The lowest BCUT2D eigenvalue weighted by Crippen LogP contribution is -2.35. The quantitative estimate of drug-likeness (QED) is 0.330. The predicted molar refractivity (Wildman–Crippen MR) is 127 cm³/mol. The summed E-state index contributed by atoms with van der Waals surface area (Å²) in [6.45, 7) is 1.40. The Morgan fingerprint density at radius 2 is 1.83 bits per heavy atom. The first-order valence-corrected chi connectivity index (χ1v) is 11.5. The van der Waals surface area contributed by atoms with Gasteiger partial charge >= 0.3 is 6.18 Å². The molecule has 5 nitrogen and oxygen atoms in total. The van der Waals surface area contributed by atoms with E-state index in [2.05, 4.69) is 9.97 Å². The van der Waals surface area contributed by atoms with Gasteiger partial charge in [-0.3, -0.25) is 9.69 Å². The molecule has 0 unspecified atom stereocenters. The van der Waals surface area contributed by atoms with E-state index < -0.39 is 11.7 Å². The van der Waals surface area contributed by atoms with Gasteiger partial charge in [0.05, 0.1) is 28.4 Å². The Balaban J connectivity index is 1.34. The number of aromatic nitrogens is 2. The number of alkyl halides is 3. The molecule has 0 amide bonds. The van der Waals surface area contributed by atoms with E-state index >= 15 is 0 Å². The molecule has 0 spiro atoms. The maximum Gasteiger partial charge on any atom is 0.416 e. The largest absolute Gasteiger partial charge is 0.460 e. The molecule has 4 aromatic rings. The summed E-state index contributed by atoms with van der Waals surface area (Å²) in [6.07, 6.45) is -3.91. The van der Waals surface area contributed by atoms with E-state index in [1.165, 1.54) is 6.07 Å². The van der Waals surface area contributed by atoms with Crippen LogP contribution in [0.3, 0.4) is 0 Å². The highest BCUT2D eigenvalue weighted by atomic mass is 35.5. The van der Waals surface area contributed by atoms with Crippen molar-refractivity contribution in [3.8, 4) is 22.7 Å². The summed E-state index contributed by atoms with van der Waals surface area (Å²) >= 11 is 12.1. The van der Waals surface area contributed by atoms with Gasteiger partial charge in [-0.05, 0) is 54.6 Å². The summed E-state index contributed by atoms with van der Waals surface area (Å²) in [4.78, 5) is 22.3. The van der Waals surface area contributed by atoms with Crippen LogP contribution >= 0.6 is 23.2 Å². The number of aromatic amines is 1. The molecule has 180 valence electrons. The Hall–Kier alpha value is -3.07. The van der Waals surface area contributed by atoms with Gasteiger partial charge in [-0.1, -0.05) is 23.2 Å². The Labute approximate surface area is 208 Å². The Bertz CT molecular complexity index is 1450. The lowest BCUT2D eigenvalue weighted by Gasteiger charge is -2.26. The molecule has 0 saturated carbocycles. The van der Waals surface area contributed by atoms with Crippen LogP contribution in [0.25, 0.3) is 22.7 Å². The lowest BCUT2D eigenvalue weighted by molar-refractivity contribution is -0.137. The van der Waals surface area contributed by atoms with Crippen molar-refractivity contribution >= 4 is 23.2 Å². The summed E-state index contributed by atoms with van der Waals surface area (Å²) < 4.78 is 45.1. The van der Waals surface area contributed by atoms with E-state index in [-0.39, 0.29) is 21.9 Å². The van der Waals surface area contributed by atoms with Crippen molar-refractivity contribution in [3.63, 3.8) is 0 Å². The summed E-state index contributed by atoms with van der Waals surface area (Å²) in [6, 6.07) is 13.5. The number of hydrogen-bond donors (Lipinski definition) is 1. The molecule has 0 saturated heterocycles. The maximum absolute atomic E-state index is 13.1. The van der Waals surface area contributed by atoms with Gasteiger partial charge in [-0.25, -0.2) is 4.98 Å². The van der Waals surface area contributed by atoms with Gasteiger partial charge < -0.3 is 9.40 Å². The first-order valence-electron chi connectivity index (χ1n) is 10.7. The van der Waals surface area contributed by atoms with E-state index in [4.69, 9.17) is 27.6 Å². The maximum atomic E-state index is 13.1. The number of nitrogens with zero attached hydrogens (tertiary/aromatic N) is 2. The standard InChI is InChI=1S/C25H18Cl2F3N3O2/c26-16-4-1-14(2-5-16)23-31-21-9-10-33(13-19(21)24(34)32-23)12-17-6-8-22(35-17)18-11-15(25(28,29)30)3-7-20(18)27/h1-8,11H,9-10,12-13H2,(H,31,32,34). The molecule has 1 N–H and O–H groups in total. The fourth-order valence-electron chi connectivity index (χ4n) is 4.08. The van der Waals surface area contributed by atoms with Crippen molar-refractivity contribution in [2.24, 2.45) is 0 Å². The molecule has 2 aromatic carbocycles. The summed E-state index contributed by atoms with van der Waals surface area (Å²) in [5.74, 6) is 1.30. The van der Waals surface area contributed by atoms with Crippen molar-refractivity contribution in [2.45, 2.75) is 25.7 Å². The average molecular weight is 520 g/mol. The second-order valence-electron chi connectivity index (χ2n) is 8.27. The van der Waals surface area contributed by atoms with Gasteiger partial charge in [0, 0.05) is 35.7 Å². The van der Waals surface area contributed by atoms with Gasteiger partial charge in [0.15, 0.2) is 0 Å². The van der Waals surface area contributed by atoms with Crippen LogP contribution in [0.1, 0.15) is 22.6 Å². The molecule has 5 rings (SSSR count). The molecular formula is C25H18Cl2F3N3O2. The van der Waals surface area contributed by atoms with Crippen LogP contribution in [-0.2, 0) is 25.7 Å². The van der Waals surface area contributed by atoms with Gasteiger partial charge in [-0.15, -0.1) is 0 Å². The molecule has 0 radical (unpaired) electrons. The molecule has 0 bridgehead atoms. The minimum atomic E-state index is -4.48. The molecule has 35 heavy (non-hydrogen) atoms. The number of halogens is 5. The normalized spacial score (nSPS) is 14.2. The zero-order valence-corrected chi connectivity index (χ0v) is 19.6. The molecule has 3 heterocycles. The van der Waals surface area contributed by atoms with Crippen LogP contribution < -0.4 is 5.56 Å². The van der Waals surface area contributed by atoms with Crippen LogP contribution in [0.15, 0.2) is 63.8 Å². The predicted octanol–water partition coefficient (Wildman–Crippen LogP) is 6.58. The third kappa shape index (κ3) is 5.00. The molecular weight excluding hydrogens is 502 g/mol. The minimum Gasteiger partial charge on any atom is -0.460 e.